The third-order valence-electron chi connectivity index (χ3n) is 3.08. The van der Waals surface area contributed by atoms with Gasteiger partial charge in [-0.25, -0.2) is 4.39 Å². The topological polar surface area (TPSA) is 29.5 Å². The van der Waals surface area contributed by atoms with Crippen molar-refractivity contribution in [1.82, 2.24) is 0 Å². The SMILES string of the molecule is COc1ccc(F)cc1C(O)C1CCCCS1. The van der Waals surface area contributed by atoms with Crippen LogP contribution in [0.15, 0.2) is 18.2 Å². The first-order valence-corrected chi connectivity index (χ1v) is 6.90. The van der Waals surface area contributed by atoms with E-state index in [0.717, 1.165) is 18.6 Å². The summed E-state index contributed by atoms with van der Waals surface area (Å²) in [6, 6.07) is 4.29. The Balaban J connectivity index is 2.21. The van der Waals surface area contributed by atoms with Gasteiger partial charge in [-0.15, -0.1) is 0 Å². The molecule has 0 bridgehead atoms. The van der Waals surface area contributed by atoms with Crippen molar-refractivity contribution in [2.24, 2.45) is 0 Å². The molecule has 2 atom stereocenters. The van der Waals surface area contributed by atoms with Crippen LogP contribution in [0.4, 0.5) is 4.39 Å². The fraction of sp³-hybridized carbons (Fsp3) is 0.538. The average Bonchev–Trinajstić information content (AvgIpc) is 2.39. The molecule has 1 N–H and O–H groups in total. The van der Waals surface area contributed by atoms with E-state index in [9.17, 15) is 9.50 Å². The number of hydrogen-bond donors (Lipinski definition) is 1. The zero-order chi connectivity index (χ0) is 12.3. The summed E-state index contributed by atoms with van der Waals surface area (Å²) < 4.78 is 18.4. The molecule has 4 heteroatoms. The Labute approximate surface area is 105 Å². The zero-order valence-electron chi connectivity index (χ0n) is 9.86. The molecule has 1 aliphatic heterocycles. The van der Waals surface area contributed by atoms with Gasteiger partial charge in [0.15, 0.2) is 0 Å². The Morgan fingerprint density at radius 2 is 2.29 bits per heavy atom. The summed E-state index contributed by atoms with van der Waals surface area (Å²) in [6.07, 6.45) is 2.66. The minimum atomic E-state index is -0.647. The number of rotatable bonds is 3. The molecule has 0 aromatic heterocycles. The highest BCUT2D eigenvalue weighted by Crippen LogP contribution is 2.38. The van der Waals surface area contributed by atoms with Gasteiger partial charge in [0, 0.05) is 10.8 Å². The maximum Gasteiger partial charge on any atom is 0.124 e. The Kier molecular flexibility index (Phi) is 4.29. The number of aliphatic hydroxyl groups excluding tert-OH is 1. The van der Waals surface area contributed by atoms with Gasteiger partial charge in [-0.05, 0) is 36.8 Å². The fourth-order valence-electron chi connectivity index (χ4n) is 2.15. The Morgan fingerprint density at radius 3 is 2.94 bits per heavy atom. The summed E-state index contributed by atoms with van der Waals surface area (Å²) in [4.78, 5) is 0. The van der Waals surface area contributed by atoms with Crippen LogP contribution >= 0.6 is 11.8 Å². The van der Waals surface area contributed by atoms with Gasteiger partial charge in [0.05, 0.1) is 13.2 Å². The van der Waals surface area contributed by atoms with Crippen molar-refractivity contribution >= 4 is 11.8 Å². The maximum atomic E-state index is 13.2. The van der Waals surface area contributed by atoms with Gasteiger partial charge in [0.25, 0.3) is 0 Å². The quantitative estimate of drug-likeness (QED) is 0.901. The fourth-order valence-corrected chi connectivity index (χ4v) is 3.49. The molecule has 1 fully saturated rings. The number of thioether (sulfide) groups is 1. The van der Waals surface area contributed by atoms with Crippen molar-refractivity contribution in [3.05, 3.63) is 29.6 Å². The van der Waals surface area contributed by atoms with Crippen LogP contribution in [0.1, 0.15) is 30.9 Å². The minimum absolute atomic E-state index is 0.152. The number of aliphatic hydroxyl groups is 1. The monoisotopic (exact) mass is 256 g/mol. The number of benzene rings is 1. The van der Waals surface area contributed by atoms with E-state index in [0.29, 0.717) is 11.3 Å². The van der Waals surface area contributed by atoms with E-state index in [1.165, 1.54) is 25.7 Å². The van der Waals surface area contributed by atoms with Crippen molar-refractivity contribution in [1.29, 1.82) is 0 Å². The number of methoxy groups -OCH3 is 1. The molecule has 1 heterocycles. The van der Waals surface area contributed by atoms with Crippen molar-refractivity contribution in [3.8, 4) is 5.75 Å². The Hall–Kier alpha value is -0.740. The molecular weight excluding hydrogens is 239 g/mol. The summed E-state index contributed by atoms with van der Waals surface area (Å²) >= 11 is 1.76. The van der Waals surface area contributed by atoms with Crippen LogP contribution in [-0.4, -0.2) is 23.2 Å². The predicted molar refractivity (Wildman–Crippen MR) is 68.0 cm³/mol. The van der Waals surface area contributed by atoms with Gasteiger partial charge in [0.1, 0.15) is 11.6 Å². The molecular formula is C13H17FO2S. The zero-order valence-corrected chi connectivity index (χ0v) is 10.7. The summed E-state index contributed by atoms with van der Waals surface area (Å²) in [6.45, 7) is 0. The first-order chi connectivity index (χ1) is 8.22. The van der Waals surface area contributed by atoms with E-state index in [1.807, 2.05) is 0 Å². The molecule has 94 valence electrons. The number of hydrogen-bond acceptors (Lipinski definition) is 3. The summed E-state index contributed by atoms with van der Waals surface area (Å²) in [5, 5.41) is 10.5. The lowest BCUT2D eigenvalue weighted by Gasteiger charge is -2.27. The van der Waals surface area contributed by atoms with E-state index in [-0.39, 0.29) is 11.1 Å². The van der Waals surface area contributed by atoms with Crippen molar-refractivity contribution in [3.63, 3.8) is 0 Å². The Bertz CT molecular complexity index is 378. The molecule has 1 aromatic carbocycles. The third kappa shape index (κ3) is 2.93. The number of ether oxygens (including phenoxy) is 1. The molecule has 2 unspecified atom stereocenters. The molecule has 1 aliphatic rings. The summed E-state index contributed by atoms with van der Waals surface area (Å²) in [5.74, 6) is 1.30. The second-order valence-electron chi connectivity index (χ2n) is 4.24. The van der Waals surface area contributed by atoms with Crippen LogP contribution in [0.5, 0.6) is 5.75 Å². The van der Waals surface area contributed by atoms with Crippen LogP contribution < -0.4 is 4.74 Å². The first-order valence-electron chi connectivity index (χ1n) is 5.85. The van der Waals surface area contributed by atoms with E-state index in [4.69, 9.17) is 4.74 Å². The van der Waals surface area contributed by atoms with Crippen LogP contribution in [-0.2, 0) is 0 Å². The largest absolute Gasteiger partial charge is 0.496 e. The molecule has 1 saturated heterocycles. The van der Waals surface area contributed by atoms with Gasteiger partial charge in [-0.1, -0.05) is 6.42 Å². The normalized spacial score (nSPS) is 22.2. The predicted octanol–water partition coefficient (Wildman–Crippen LogP) is 3.15. The average molecular weight is 256 g/mol. The Morgan fingerprint density at radius 1 is 1.47 bits per heavy atom. The smallest absolute Gasteiger partial charge is 0.124 e. The highest BCUT2D eigenvalue weighted by Gasteiger charge is 2.26. The van der Waals surface area contributed by atoms with E-state index in [2.05, 4.69) is 0 Å². The van der Waals surface area contributed by atoms with E-state index in [1.54, 1.807) is 17.8 Å². The molecule has 2 rings (SSSR count). The van der Waals surface area contributed by atoms with E-state index >= 15 is 0 Å². The van der Waals surface area contributed by atoms with E-state index < -0.39 is 6.10 Å². The standard InChI is InChI=1S/C13H17FO2S/c1-16-11-6-5-9(14)8-10(11)13(15)12-4-2-3-7-17-12/h5-6,8,12-13,15H,2-4,7H2,1H3. The molecule has 1 aromatic rings. The molecule has 0 saturated carbocycles. The summed E-state index contributed by atoms with van der Waals surface area (Å²) in [5.41, 5.74) is 0.562. The van der Waals surface area contributed by atoms with Gasteiger partial charge < -0.3 is 9.84 Å². The second-order valence-corrected chi connectivity index (χ2v) is 5.58. The van der Waals surface area contributed by atoms with Gasteiger partial charge in [0.2, 0.25) is 0 Å². The van der Waals surface area contributed by atoms with Crippen LogP contribution in [0.25, 0.3) is 0 Å². The van der Waals surface area contributed by atoms with Crippen molar-refractivity contribution in [2.45, 2.75) is 30.6 Å². The highest BCUT2D eigenvalue weighted by molar-refractivity contribution is 7.99. The van der Waals surface area contributed by atoms with Crippen LogP contribution in [0.3, 0.4) is 0 Å². The minimum Gasteiger partial charge on any atom is -0.496 e. The molecule has 0 amide bonds. The van der Waals surface area contributed by atoms with Gasteiger partial charge in [-0.2, -0.15) is 11.8 Å². The highest BCUT2D eigenvalue weighted by atomic mass is 32.2. The number of halogens is 1. The molecule has 2 nitrogen and oxygen atoms in total. The van der Waals surface area contributed by atoms with Gasteiger partial charge in [-0.3, -0.25) is 0 Å². The van der Waals surface area contributed by atoms with Gasteiger partial charge >= 0.3 is 0 Å². The van der Waals surface area contributed by atoms with Crippen LogP contribution in [0.2, 0.25) is 0 Å². The van der Waals surface area contributed by atoms with Crippen molar-refractivity contribution in [2.75, 3.05) is 12.9 Å². The molecule has 0 radical (unpaired) electrons. The van der Waals surface area contributed by atoms with Crippen molar-refractivity contribution < 1.29 is 14.2 Å². The third-order valence-corrected chi connectivity index (χ3v) is 4.52. The lowest BCUT2D eigenvalue weighted by molar-refractivity contribution is 0.164. The molecule has 0 spiro atoms. The molecule has 0 aliphatic carbocycles. The summed E-state index contributed by atoms with van der Waals surface area (Å²) in [7, 11) is 1.54. The first kappa shape index (κ1) is 12.7. The lowest BCUT2D eigenvalue weighted by atomic mass is 10.0. The molecule has 17 heavy (non-hydrogen) atoms. The maximum absolute atomic E-state index is 13.2. The lowest BCUT2D eigenvalue weighted by Crippen LogP contribution is -2.19. The van der Waals surface area contributed by atoms with Crippen LogP contribution in [0, 0.1) is 5.82 Å². The second kappa shape index (κ2) is 5.74.